The molecule has 5 nitrogen and oxygen atoms in total. The van der Waals surface area contributed by atoms with E-state index in [4.69, 9.17) is 11.2 Å². The van der Waals surface area contributed by atoms with Gasteiger partial charge in [0.1, 0.15) is 5.54 Å². The fourth-order valence-electron chi connectivity index (χ4n) is 2.32. The van der Waals surface area contributed by atoms with Crippen LogP contribution in [-0.4, -0.2) is 28.3 Å². The van der Waals surface area contributed by atoms with Crippen molar-refractivity contribution in [2.24, 2.45) is 0 Å². The van der Waals surface area contributed by atoms with Crippen molar-refractivity contribution in [3.05, 3.63) is 42.2 Å². The highest BCUT2D eigenvalue weighted by Gasteiger charge is 2.28. The average molecular weight is 311 g/mol. The molecule has 0 aliphatic rings. The first kappa shape index (κ1) is 16.6. The third-order valence-electron chi connectivity index (χ3n) is 3.97. The molecule has 0 spiro atoms. The summed E-state index contributed by atoms with van der Waals surface area (Å²) in [6.07, 6.45) is 8.57. The van der Waals surface area contributed by atoms with Crippen LogP contribution in [0.25, 0.3) is 5.69 Å². The van der Waals surface area contributed by atoms with Crippen LogP contribution < -0.4 is 10.1 Å². The molecule has 1 N–H and O–H groups in total. The number of hydrogen-bond donors (Lipinski definition) is 1. The van der Waals surface area contributed by atoms with E-state index in [-0.39, 0.29) is 11.6 Å². The molecule has 2 rings (SSSR count). The minimum absolute atomic E-state index is 0.220. The van der Waals surface area contributed by atoms with E-state index >= 15 is 0 Å². The first-order valence-corrected chi connectivity index (χ1v) is 7.58. The summed E-state index contributed by atoms with van der Waals surface area (Å²) in [6.45, 7) is 3.90. The molecule has 0 saturated carbocycles. The van der Waals surface area contributed by atoms with Crippen LogP contribution in [0.4, 0.5) is 0 Å². The summed E-state index contributed by atoms with van der Waals surface area (Å²) in [6, 6.07) is 9.53. The molecule has 1 aromatic heterocycles. The minimum atomic E-state index is -0.668. The Kier molecular flexibility index (Phi) is 5.07. The normalized spacial score (nSPS) is 10.9. The third kappa shape index (κ3) is 3.37. The maximum Gasteiger partial charge on any atom is 0.276 e. The van der Waals surface area contributed by atoms with Crippen LogP contribution in [0.3, 0.4) is 0 Å². The quantitative estimate of drug-likeness (QED) is 0.835. The average Bonchev–Trinajstić information content (AvgIpc) is 3.05. The summed E-state index contributed by atoms with van der Waals surface area (Å²) in [7, 11) is 1.51. The lowest BCUT2D eigenvalue weighted by molar-refractivity contribution is 0.0908. The van der Waals surface area contributed by atoms with E-state index in [9.17, 15) is 4.79 Å². The zero-order valence-corrected chi connectivity index (χ0v) is 13.7. The zero-order chi connectivity index (χ0) is 16.9. The van der Waals surface area contributed by atoms with E-state index in [0.717, 1.165) is 5.69 Å². The number of terminal acetylenes is 1. The number of aromatic nitrogens is 2. The molecule has 0 atom stereocenters. The van der Waals surface area contributed by atoms with Crippen LogP contribution in [-0.2, 0) is 0 Å². The number of carbonyl (C=O) groups is 1. The van der Waals surface area contributed by atoms with Crippen molar-refractivity contribution in [2.75, 3.05) is 7.11 Å². The Labute approximate surface area is 136 Å². The van der Waals surface area contributed by atoms with Crippen LogP contribution in [0.15, 0.2) is 36.5 Å². The van der Waals surface area contributed by atoms with Crippen molar-refractivity contribution < 1.29 is 9.53 Å². The second-order valence-electron chi connectivity index (χ2n) is 5.21. The SMILES string of the molecule is C#CC(CC)(CC)NC(=O)c1nn(-c2ccccc2)cc1OC. The van der Waals surface area contributed by atoms with Crippen LogP contribution in [0, 0.1) is 12.3 Å². The molecule has 2 aromatic rings. The number of methoxy groups -OCH3 is 1. The highest BCUT2D eigenvalue weighted by atomic mass is 16.5. The van der Waals surface area contributed by atoms with Gasteiger partial charge in [0.15, 0.2) is 11.4 Å². The largest absolute Gasteiger partial charge is 0.493 e. The molecule has 0 saturated heterocycles. The highest BCUT2D eigenvalue weighted by molar-refractivity contribution is 5.95. The molecular weight excluding hydrogens is 290 g/mol. The Morgan fingerprint density at radius 2 is 2.00 bits per heavy atom. The van der Waals surface area contributed by atoms with Gasteiger partial charge in [0.25, 0.3) is 5.91 Å². The Balaban J connectivity index is 2.34. The van der Waals surface area contributed by atoms with E-state index < -0.39 is 5.54 Å². The number of nitrogens with zero attached hydrogens (tertiary/aromatic N) is 2. The van der Waals surface area contributed by atoms with Gasteiger partial charge >= 0.3 is 0 Å². The molecule has 0 aliphatic heterocycles. The van der Waals surface area contributed by atoms with Gasteiger partial charge in [-0.1, -0.05) is 38.0 Å². The fraction of sp³-hybridized carbons (Fsp3) is 0.333. The summed E-state index contributed by atoms with van der Waals surface area (Å²) in [5.41, 5.74) is 0.399. The van der Waals surface area contributed by atoms with Gasteiger partial charge in [-0.2, -0.15) is 5.10 Å². The van der Waals surface area contributed by atoms with Crippen molar-refractivity contribution in [1.82, 2.24) is 15.1 Å². The van der Waals surface area contributed by atoms with E-state index in [2.05, 4.69) is 16.3 Å². The molecule has 1 heterocycles. The Morgan fingerprint density at radius 3 is 2.52 bits per heavy atom. The molecule has 1 amide bonds. The molecule has 0 aliphatic carbocycles. The molecule has 5 heteroatoms. The van der Waals surface area contributed by atoms with Gasteiger partial charge in [-0.3, -0.25) is 4.79 Å². The molecule has 1 aromatic carbocycles. The number of nitrogens with one attached hydrogen (secondary N) is 1. The molecule has 0 unspecified atom stereocenters. The molecule has 23 heavy (non-hydrogen) atoms. The topological polar surface area (TPSA) is 56.2 Å². The lowest BCUT2D eigenvalue weighted by atomic mass is 9.94. The monoisotopic (exact) mass is 311 g/mol. The Morgan fingerprint density at radius 1 is 1.35 bits per heavy atom. The number of amides is 1. The number of rotatable bonds is 6. The lowest BCUT2D eigenvalue weighted by Gasteiger charge is -2.26. The van der Waals surface area contributed by atoms with Crippen molar-refractivity contribution >= 4 is 5.91 Å². The summed E-state index contributed by atoms with van der Waals surface area (Å²) in [5.74, 6) is 2.76. The van der Waals surface area contributed by atoms with E-state index in [1.165, 1.54) is 7.11 Å². The molecule has 0 bridgehead atoms. The third-order valence-corrected chi connectivity index (χ3v) is 3.97. The van der Waals surface area contributed by atoms with Crippen LogP contribution in [0.2, 0.25) is 0 Å². The van der Waals surface area contributed by atoms with Gasteiger partial charge < -0.3 is 10.1 Å². The maximum absolute atomic E-state index is 12.6. The van der Waals surface area contributed by atoms with Gasteiger partial charge in [-0.15, -0.1) is 6.42 Å². The Hall–Kier alpha value is -2.74. The van der Waals surface area contributed by atoms with Gasteiger partial charge in [-0.25, -0.2) is 4.68 Å². The van der Waals surface area contributed by atoms with Crippen molar-refractivity contribution in [3.63, 3.8) is 0 Å². The van der Waals surface area contributed by atoms with E-state index in [1.54, 1.807) is 10.9 Å². The number of carbonyl (C=O) groups excluding carboxylic acids is 1. The van der Waals surface area contributed by atoms with Crippen molar-refractivity contribution in [2.45, 2.75) is 32.2 Å². The smallest absolute Gasteiger partial charge is 0.276 e. The van der Waals surface area contributed by atoms with Gasteiger partial charge in [0.05, 0.1) is 19.0 Å². The lowest BCUT2D eigenvalue weighted by Crippen LogP contribution is -2.46. The predicted octanol–water partition coefficient (Wildman–Crippen LogP) is 2.80. The summed E-state index contributed by atoms with van der Waals surface area (Å²) in [4.78, 5) is 12.6. The fourth-order valence-corrected chi connectivity index (χ4v) is 2.32. The standard InChI is InChI=1S/C18H21N3O2/c1-5-18(6-2,7-3)19-17(22)16-15(23-4)13-21(20-16)14-11-9-8-10-12-14/h1,8-13H,6-7H2,2-4H3,(H,19,22). The summed E-state index contributed by atoms with van der Waals surface area (Å²) >= 11 is 0. The van der Waals surface area contributed by atoms with Gasteiger partial charge in [0.2, 0.25) is 0 Å². The van der Waals surface area contributed by atoms with E-state index in [0.29, 0.717) is 18.6 Å². The molecule has 0 radical (unpaired) electrons. The Bertz CT molecular complexity index is 710. The maximum atomic E-state index is 12.6. The predicted molar refractivity (Wildman–Crippen MR) is 89.7 cm³/mol. The summed E-state index contributed by atoms with van der Waals surface area (Å²) < 4.78 is 6.90. The number of hydrogen-bond acceptors (Lipinski definition) is 3. The number of ether oxygens (including phenoxy) is 1. The molecule has 0 fully saturated rings. The van der Waals surface area contributed by atoms with Crippen molar-refractivity contribution in [1.29, 1.82) is 0 Å². The van der Waals surface area contributed by atoms with Crippen molar-refractivity contribution in [3.8, 4) is 23.8 Å². The molecular formula is C18H21N3O2. The first-order valence-electron chi connectivity index (χ1n) is 7.58. The highest BCUT2D eigenvalue weighted by Crippen LogP contribution is 2.21. The van der Waals surface area contributed by atoms with Gasteiger partial charge in [-0.05, 0) is 25.0 Å². The zero-order valence-electron chi connectivity index (χ0n) is 13.7. The molecule has 120 valence electrons. The van der Waals surface area contributed by atoms with E-state index in [1.807, 2.05) is 44.2 Å². The first-order chi connectivity index (χ1) is 11.1. The minimum Gasteiger partial charge on any atom is -0.493 e. The second kappa shape index (κ2) is 7.01. The number of benzene rings is 1. The summed E-state index contributed by atoms with van der Waals surface area (Å²) in [5, 5.41) is 7.25. The second-order valence-corrected chi connectivity index (χ2v) is 5.21. The van der Waals surface area contributed by atoms with Crippen LogP contribution >= 0.6 is 0 Å². The van der Waals surface area contributed by atoms with Crippen LogP contribution in [0.1, 0.15) is 37.2 Å². The van der Waals surface area contributed by atoms with Gasteiger partial charge in [0, 0.05) is 0 Å². The number of para-hydroxylation sites is 1. The van der Waals surface area contributed by atoms with Crippen LogP contribution in [0.5, 0.6) is 5.75 Å².